The van der Waals surface area contributed by atoms with Crippen LogP contribution in [0.25, 0.3) is 0 Å². The summed E-state index contributed by atoms with van der Waals surface area (Å²) in [6.07, 6.45) is 0. The van der Waals surface area contributed by atoms with Crippen molar-refractivity contribution in [2.75, 3.05) is 37.7 Å². The van der Waals surface area contributed by atoms with E-state index in [2.05, 4.69) is 22.3 Å². The number of carbonyl (C=O) groups is 1. The van der Waals surface area contributed by atoms with Gasteiger partial charge in [0.1, 0.15) is 5.75 Å². The quantitative estimate of drug-likeness (QED) is 0.840. The summed E-state index contributed by atoms with van der Waals surface area (Å²) < 4.78 is 5.44. The van der Waals surface area contributed by atoms with Crippen molar-refractivity contribution >= 4 is 28.9 Å². The van der Waals surface area contributed by atoms with Gasteiger partial charge in [0, 0.05) is 37.4 Å². The largest absolute Gasteiger partial charge is 0.494 e. The second kappa shape index (κ2) is 8.67. The van der Waals surface area contributed by atoms with Crippen molar-refractivity contribution in [2.24, 2.45) is 0 Å². The van der Waals surface area contributed by atoms with E-state index in [9.17, 15) is 4.79 Å². The third kappa shape index (κ3) is 4.52. The lowest BCUT2D eigenvalue weighted by Crippen LogP contribution is -2.52. The molecule has 1 aliphatic heterocycles. The molecule has 1 heterocycles. The Morgan fingerprint density at radius 3 is 2.50 bits per heavy atom. The number of ether oxygens (including phenoxy) is 1. The molecule has 1 amide bonds. The fourth-order valence-corrected chi connectivity index (χ4v) is 3.22. The Bertz CT molecular complexity index is 759. The first kappa shape index (κ1) is 18.2. The van der Waals surface area contributed by atoms with E-state index >= 15 is 0 Å². The zero-order valence-corrected chi connectivity index (χ0v) is 15.7. The molecule has 0 radical (unpaired) electrons. The van der Waals surface area contributed by atoms with E-state index in [4.69, 9.17) is 17.0 Å². The fraction of sp³-hybridized carbons (Fsp3) is 0.300. The summed E-state index contributed by atoms with van der Waals surface area (Å²) in [5.74, 6) is 0.476. The zero-order valence-electron chi connectivity index (χ0n) is 14.9. The molecular formula is C20H23N3O2S. The maximum Gasteiger partial charge on any atom is 0.257 e. The van der Waals surface area contributed by atoms with E-state index in [0.29, 0.717) is 23.0 Å². The molecule has 1 fully saturated rings. The molecule has 136 valence electrons. The summed E-state index contributed by atoms with van der Waals surface area (Å²) in [7, 11) is 0. The number of carbonyl (C=O) groups excluding carboxylic acids is 1. The molecule has 3 rings (SSSR count). The Morgan fingerprint density at radius 1 is 1.08 bits per heavy atom. The average Bonchev–Trinajstić information content (AvgIpc) is 2.69. The molecule has 6 heteroatoms. The second-order valence-electron chi connectivity index (χ2n) is 6.03. The second-order valence-corrected chi connectivity index (χ2v) is 6.42. The molecule has 0 spiro atoms. The predicted molar refractivity (Wildman–Crippen MR) is 108 cm³/mol. The number of para-hydroxylation sites is 1. The first-order valence-corrected chi connectivity index (χ1v) is 9.21. The Kier molecular flexibility index (Phi) is 6.07. The SMILES string of the molecule is CCOc1cccc(C(=O)NC(=S)N2CCN(c3ccccc3)CC2)c1. The molecule has 0 bridgehead atoms. The minimum atomic E-state index is -0.206. The smallest absolute Gasteiger partial charge is 0.257 e. The highest BCUT2D eigenvalue weighted by Crippen LogP contribution is 2.16. The number of thiocarbonyl (C=S) groups is 1. The van der Waals surface area contributed by atoms with Crippen LogP contribution in [0, 0.1) is 0 Å². The van der Waals surface area contributed by atoms with Gasteiger partial charge in [0.05, 0.1) is 6.61 Å². The van der Waals surface area contributed by atoms with Crippen LogP contribution in [-0.2, 0) is 0 Å². The average molecular weight is 369 g/mol. The molecule has 0 aromatic heterocycles. The lowest BCUT2D eigenvalue weighted by molar-refractivity contribution is 0.0972. The Morgan fingerprint density at radius 2 is 1.81 bits per heavy atom. The molecule has 1 aliphatic rings. The Labute approximate surface area is 159 Å². The van der Waals surface area contributed by atoms with Crippen LogP contribution in [0.5, 0.6) is 5.75 Å². The third-order valence-electron chi connectivity index (χ3n) is 4.32. The summed E-state index contributed by atoms with van der Waals surface area (Å²) in [6.45, 7) is 5.80. The Balaban J connectivity index is 1.54. The molecule has 0 aliphatic carbocycles. The molecule has 2 aromatic carbocycles. The van der Waals surface area contributed by atoms with Gasteiger partial charge >= 0.3 is 0 Å². The van der Waals surface area contributed by atoms with Crippen LogP contribution in [0.4, 0.5) is 5.69 Å². The molecule has 0 atom stereocenters. The highest BCUT2D eigenvalue weighted by Gasteiger charge is 2.20. The van der Waals surface area contributed by atoms with Gasteiger partial charge in [-0.1, -0.05) is 24.3 Å². The van der Waals surface area contributed by atoms with E-state index < -0.39 is 0 Å². The molecular weight excluding hydrogens is 346 g/mol. The number of amides is 1. The summed E-state index contributed by atoms with van der Waals surface area (Å²) in [5, 5.41) is 3.31. The maximum absolute atomic E-state index is 12.4. The standard InChI is InChI=1S/C20H23N3O2S/c1-2-25-18-10-6-7-16(15-18)19(24)21-20(26)23-13-11-22(12-14-23)17-8-4-3-5-9-17/h3-10,15H,2,11-14H2,1H3,(H,21,24,26). The van der Waals surface area contributed by atoms with Crippen molar-refractivity contribution in [1.82, 2.24) is 10.2 Å². The Hall–Kier alpha value is -2.60. The number of nitrogens with zero attached hydrogens (tertiary/aromatic N) is 2. The highest BCUT2D eigenvalue weighted by molar-refractivity contribution is 7.80. The number of benzene rings is 2. The van der Waals surface area contributed by atoms with Crippen molar-refractivity contribution in [3.8, 4) is 5.75 Å². The van der Waals surface area contributed by atoms with Gasteiger partial charge in [0.25, 0.3) is 5.91 Å². The van der Waals surface area contributed by atoms with Crippen molar-refractivity contribution in [3.63, 3.8) is 0 Å². The van der Waals surface area contributed by atoms with Crippen LogP contribution in [0.2, 0.25) is 0 Å². The number of rotatable bonds is 4. The summed E-state index contributed by atoms with van der Waals surface area (Å²) in [4.78, 5) is 16.8. The van der Waals surface area contributed by atoms with Gasteiger partial charge in [-0.25, -0.2) is 0 Å². The van der Waals surface area contributed by atoms with Crippen molar-refractivity contribution in [2.45, 2.75) is 6.92 Å². The van der Waals surface area contributed by atoms with Crippen LogP contribution < -0.4 is 15.0 Å². The van der Waals surface area contributed by atoms with Gasteiger partial charge in [-0.2, -0.15) is 0 Å². The van der Waals surface area contributed by atoms with E-state index in [-0.39, 0.29) is 5.91 Å². The van der Waals surface area contributed by atoms with Crippen LogP contribution in [0.1, 0.15) is 17.3 Å². The first-order chi connectivity index (χ1) is 12.7. The van der Waals surface area contributed by atoms with Crippen molar-refractivity contribution < 1.29 is 9.53 Å². The predicted octanol–water partition coefficient (Wildman–Crippen LogP) is 2.92. The number of piperazine rings is 1. The molecule has 5 nitrogen and oxygen atoms in total. The van der Waals surface area contributed by atoms with Gasteiger partial charge in [0.15, 0.2) is 5.11 Å². The van der Waals surface area contributed by atoms with Gasteiger partial charge in [0.2, 0.25) is 0 Å². The van der Waals surface area contributed by atoms with Gasteiger partial charge < -0.3 is 14.5 Å². The number of hydrogen-bond acceptors (Lipinski definition) is 4. The molecule has 1 N–H and O–H groups in total. The lowest BCUT2D eigenvalue weighted by Gasteiger charge is -2.37. The van der Waals surface area contributed by atoms with E-state index in [1.165, 1.54) is 5.69 Å². The molecule has 26 heavy (non-hydrogen) atoms. The monoisotopic (exact) mass is 369 g/mol. The van der Waals surface area contributed by atoms with Gasteiger partial charge in [-0.3, -0.25) is 10.1 Å². The first-order valence-electron chi connectivity index (χ1n) is 8.80. The van der Waals surface area contributed by atoms with Crippen LogP contribution in [0.3, 0.4) is 0 Å². The van der Waals surface area contributed by atoms with E-state index in [1.807, 2.05) is 42.2 Å². The van der Waals surface area contributed by atoms with Crippen molar-refractivity contribution in [1.29, 1.82) is 0 Å². The summed E-state index contributed by atoms with van der Waals surface area (Å²) in [5.41, 5.74) is 1.76. The summed E-state index contributed by atoms with van der Waals surface area (Å²) >= 11 is 5.43. The molecule has 1 saturated heterocycles. The summed E-state index contributed by atoms with van der Waals surface area (Å²) in [6, 6.07) is 17.5. The lowest BCUT2D eigenvalue weighted by atomic mass is 10.2. The van der Waals surface area contributed by atoms with Gasteiger partial charge in [-0.05, 0) is 49.5 Å². The van der Waals surface area contributed by atoms with E-state index in [1.54, 1.807) is 12.1 Å². The normalized spacial score (nSPS) is 14.0. The minimum Gasteiger partial charge on any atom is -0.494 e. The van der Waals surface area contributed by atoms with Gasteiger partial charge in [-0.15, -0.1) is 0 Å². The maximum atomic E-state index is 12.4. The zero-order chi connectivity index (χ0) is 18.4. The highest BCUT2D eigenvalue weighted by atomic mass is 32.1. The minimum absolute atomic E-state index is 0.206. The molecule has 0 unspecified atom stereocenters. The number of anilines is 1. The molecule has 2 aromatic rings. The number of nitrogens with one attached hydrogen (secondary N) is 1. The van der Waals surface area contributed by atoms with E-state index in [0.717, 1.165) is 26.2 Å². The van der Waals surface area contributed by atoms with Crippen LogP contribution in [-0.4, -0.2) is 48.7 Å². The van der Waals surface area contributed by atoms with Crippen molar-refractivity contribution in [3.05, 3.63) is 60.2 Å². The topological polar surface area (TPSA) is 44.8 Å². The fourth-order valence-electron chi connectivity index (χ4n) is 2.95. The third-order valence-corrected chi connectivity index (χ3v) is 4.68. The number of hydrogen-bond donors (Lipinski definition) is 1. The molecule has 0 saturated carbocycles. The van der Waals surface area contributed by atoms with Crippen LogP contribution >= 0.6 is 12.2 Å². The van der Waals surface area contributed by atoms with Crippen LogP contribution in [0.15, 0.2) is 54.6 Å².